The molecule has 0 aliphatic heterocycles. The minimum absolute atomic E-state index is 0.508. The van der Waals surface area contributed by atoms with Crippen molar-refractivity contribution < 1.29 is 4.57 Å². The Hall–Kier alpha value is -2.91. The highest BCUT2D eigenvalue weighted by Crippen LogP contribution is 2.33. The third-order valence-electron chi connectivity index (χ3n) is 6.07. The lowest BCUT2D eigenvalue weighted by Gasteiger charge is -2.17. The normalized spacial score (nSPS) is 11.0. The minimum Gasteiger partial charge on any atom is -0.374 e. The summed E-state index contributed by atoms with van der Waals surface area (Å²) < 4.78 is 4.19. The Kier molecular flexibility index (Phi) is 8.64. The Labute approximate surface area is 234 Å². The molecule has 0 bridgehead atoms. The molecule has 0 unspecified atom stereocenters. The van der Waals surface area contributed by atoms with Crippen LogP contribution in [0.25, 0.3) is 34.5 Å². The molecule has 3 nitrogen and oxygen atoms in total. The van der Waals surface area contributed by atoms with Crippen molar-refractivity contribution in [2.75, 3.05) is 18.5 Å². The molecule has 1 heterocycles. The van der Waals surface area contributed by atoms with Crippen molar-refractivity contribution >= 4 is 61.3 Å². The van der Waals surface area contributed by atoms with Crippen molar-refractivity contribution in [3.05, 3.63) is 104 Å². The van der Waals surface area contributed by atoms with E-state index in [0.717, 1.165) is 48.3 Å². The Balaban J connectivity index is 1.74. The number of aromatic nitrogens is 1. The largest absolute Gasteiger partial charge is 0.374 e. The highest BCUT2D eigenvalue weighted by atomic mass is 79.9. The van der Waals surface area contributed by atoms with Crippen LogP contribution in [0.4, 0.5) is 5.69 Å². The van der Waals surface area contributed by atoms with Gasteiger partial charge in [-0.2, -0.15) is 9.83 Å². The number of nitrogens with zero attached hydrogens (tertiary/aromatic N) is 3. The van der Waals surface area contributed by atoms with Gasteiger partial charge in [-0.15, -0.1) is 0 Å². The Morgan fingerprint density at radius 1 is 0.889 bits per heavy atom. The molecule has 36 heavy (non-hydrogen) atoms. The van der Waals surface area contributed by atoms with Gasteiger partial charge in [-0.1, -0.05) is 61.7 Å². The van der Waals surface area contributed by atoms with E-state index in [4.69, 9.17) is 16.9 Å². The third-order valence-corrected chi connectivity index (χ3v) is 7.40. The maximum absolute atomic E-state index is 8.83. The Morgan fingerprint density at radius 3 is 2.25 bits per heavy atom. The summed E-state index contributed by atoms with van der Waals surface area (Å²) in [4.78, 5) is 2.09. The zero-order valence-electron chi connectivity index (χ0n) is 20.1. The van der Waals surface area contributed by atoms with Crippen LogP contribution in [0.5, 0.6) is 0 Å². The first kappa shape index (κ1) is 26.2. The summed E-state index contributed by atoms with van der Waals surface area (Å²) >= 11 is 13.7. The van der Waals surface area contributed by atoms with Gasteiger partial charge in [0, 0.05) is 62.6 Å². The van der Waals surface area contributed by atoms with Gasteiger partial charge in [-0.25, -0.2) is 0 Å². The van der Waals surface area contributed by atoms with Gasteiger partial charge in [0.15, 0.2) is 0 Å². The van der Waals surface area contributed by atoms with Crippen LogP contribution >= 0.6 is 43.5 Å². The Bertz CT molecular complexity index is 1440. The minimum atomic E-state index is 0.508. The van der Waals surface area contributed by atoms with Gasteiger partial charge in [0.1, 0.15) is 7.05 Å². The predicted molar refractivity (Wildman–Crippen MR) is 158 cm³/mol. The summed E-state index contributed by atoms with van der Waals surface area (Å²) in [5.41, 5.74) is 7.50. The molecule has 0 saturated heterocycles. The monoisotopic (exact) mass is 620 g/mol. The highest BCUT2D eigenvalue weighted by Gasteiger charge is 2.18. The van der Waals surface area contributed by atoms with Crippen LogP contribution in [-0.2, 0) is 7.05 Å². The van der Waals surface area contributed by atoms with Crippen LogP contribution in [0, 0.1) is 11.3 Å². The Morgan fingerprint density at radius 2 is 1.58 bits per heavy atom. The SMILES string of the molecule is CN(CCC#N)c1ccc(/C=C/c2cc(-c3ccc(Br)cc3Cl)cc(-c3ccc(Br)cc3)[n+]2C)cc1. The number of nitriles is 1. The second-order valence-corrected chi connectivity index (χ2v) is 10.7. The number of pyridine rings is 1. The van der Waals surface area contributed by atoms with Crippen molar-refractivity contribution in [3.63, 3.8) is 0 Å². The second-order valence-electron chi connectivity index (χ2n) is 8.50. The van der Waals surface area contributed by atoms with E-state index < -0.39 is 0 Å². The van der Waals surface area contributed by atoms with Crippen LogP contribution in [0.1, 0.15) is 17.7 Å². The third kappa shape index (κ3) is 6.25. The fourth-order valence-electron chi connectivity index (χ4n) is 3.99. The number of hydrogen-bond acceptors (Lipinski definition) is 2. The van der Waals surface area contributed by atoms with Crippen LogP contribution in [0.3, 0.4) is 0 Å². The molecular weight excluding hydrogens is 598 g/mol. The van der Waals surface area contributed by atoms with E-state index in [1.54, 1.807) is 0 Å². The fourth-order valence-corrected chi connectivity index (χ4v) is 5.03. The molecule has 0 spiro atoms. The summed E-state index contributed by atoms with van der Waals surface area (Å²) in [5.74, 6) is 0. The smallest absolute Gasteiger partial charge is 0.213 e. The highest BCUT2D eigenvalue weighted by molar-refractivity contribution is 9.10. The van der Waals surface area contributed by atoms with Crippen molar-refractivity contribution in [2.24, 2.45) is 7.05 Å². The molecule has 0 aliphatic rings. The first-order valence-corrected chi connectivity index (χ1v) is 13.4. The lowest BCUT2D eigenvalue weighted by molar-refractivity contribution is -0.662. The van der Waals surface area contributed by atoms with E-state index in [9.17, 15) is 0 Å². The topological polar surface area (TPSA) is 30.9 Å². The number of hydrogen-bond donors (Lipinski definition) is 0. The fraction of sp³-hybridized carbons (Fsp3) is 0.133. The van der Waals surface area contributed by atoms with Crippen LogP contribution in [0.15, 0.2) is 87.8 Å². The molecule has 4 rings (SSSR count). The molecule has 0 radical (unpaired) electrons. The average molecular weight is 623 g/mol. The molecule has 6 heteroatoms. The van der Waals surface area contributed by atoms with Gasteiger partial charge in [-0.05, 0) is 65.7 Å². The standard InChI is InChI=1S/C30H25Br2ClN3/c1-35(17-3-16-34)26-12-4-21(5-13-26)6-14-27-18-23(28-15-11-25(32)20-29(28)33)19-30(36(27)2)22-7-9-24(31)10-8-22/h4-15,18-20H,3,17H2,1-2H3/q+1. The molecule has 3 aromatic carbocycles. The van der Waals surface area contributed by atoms with E-state index in [-0.39, 0.29) is 0 Å². The summed E-state index contributed by atoms with van der Waals surface area (Å²) in [5, 5.41) is 9.53. The summed E-state index contributed by atoms with van der Waals surface area (Å²) in [6.07, 6.45) is 4.76. The summed E-state index contributed by atoms with van der Waals surface area (Å²) in [6, 6.07) is 29.2. The predicted octanol–water partition coefficient (Wildman–Crippen LogP) is 8.54. The van der Waals surface area contributed by atoms with Crippen molar-refractivity contribution in [1.82, 2.24) is 0 Å². The number of anilines is 1. The van der Waals surface area contributed by atoms with E-state index in [1.807, 2.05) is 25.2 Å². The molecule has 0 aliphatic carbocycles. The molecule has 0 N–H and O–H groups in total. The lowest BCUT2D eigenvalue weighted by atomic mass is 10.0. The van der Waals surface area contributed by atoms with Crippen LogP contribution < -0.4 is 9.47 Å². The van der Waals surface area contributed by atoms with E-state index in [2.05, 4.69) is 127 Å². The van der Waals surface area contributed by atoms with E-state index in [0.29, 0.717) is 18.0 Å². The zero-order chi connectivity index (χ0) is 25.7. The molecule has 180 valence electrons. The van der Waals surface area contributed by atoms with Crippen LogP contribution in [-0.4, -0.2) is 13.6 Å². The maximum Gasteiger partial charge on any atom is 0.213 e. The van der Waals surface area contributed by atoms with Gasteiger partial charge in [0.2, 0.25) is 11.4 Å². The van der Waals surface area contributed by atoms with Gasteiger partial charge in [0.05, 0.1) is 12.5 Å². The molecule has 1 aromatic heterocycles. The lowest BCUT2D eigenvalue weighted by Crippen LogP contribution is -2.34. The van der Waals surface area contributed by atoms with E-state index in [1.165, 1.54) is 0 Å². The average Bonchev–Trinajstić information content (AvgIpc) is 2.88. The van der Waals surface area contributed by atoms with Crippen molar-refractivity contribution in [2.45, 2.75) is 6.42 Å². The number of halogens is 3. The number of rotatable bonds is 7. The number of benzene rings is 3. The molecule has 4 aromatic rings. The quantitative estimate of drug-likeness (QED) is 0.194. The first-order valence-electron chi connectivity index (χ1n) is 11.5. The molecular formula is C30H25Br2ClN3+. The van der Waals surface area contributed by atoms with Crippen molar-refractivity contribution in [1.29, 1.82) is 5.26 Å². The maximum atomic E-state index is 8.83. The summed E-state index contributed by atoms with van der Waals surface area (Å²) in [7, 11) is 4.09. The zero-order valence-corrected chi connectivity index (χ0v) is 24.0. The van der Waals surface area contributed by atoms with Crippen LogP contribution in [0.2, 0.25) is 5.02 Å². The van der Waals surface area contributed by atoms with Gasteiger partial charge in [0.25, 0.3) is 0 Å². The molecule has 0 atom stereocenters. The molecule has 0 saturated carbocycles. The second kappa shape index (κ2) is 11.9. The first-order chi connectivity index (χ1) is 17.4. The van der Waals surface area contributed by atoms with Crippen molar-refractivity contribution in [3.8, 4) is 28.5 Å². The molecule has 0 fully saturated rings. The molecule has 0 amide bonds. The van der Waals surface area contributed by atoms with Gasteiger partial charge in [-0.3, -0.25) is 0 Å². The summed E-state index contributed by atoms with van der Waals surface area (Å²) in [6.45, 7) is 0.714. The van der Waals surface area contributed by atoms with Gasteiger partial charge < -0.3 is 4.90 Å². The van der Waals surface area contributed by atoms with Gasteiger partial charge >= 0.3 is 0 Å². The van der Waals surface area contributed by atoms with E-state index >= 15 is 0 Å².